The average Bonchev–Trinajstić information content (AvgIpc) is 3.59. The van der Waals surface area contributed by atoms with Gasteiger partial charge in [0.15, 0.2) is 23.9 Å². The normalized spacial score (nSPS) is 15.0. The molecule has 0 saturated carbocycles. The number of likely N-dealkylation sites (tertiary alicyclic amines) is 1. The Bertz CT molecular complexity index is 1730. The number of hydrogen-bond acceptors (Lipinski definition) is 9. The molecule has 2 aromatic carbocycles. The molecule has 1 aliphatic heterocycles. The summed E-state index contributed by atoms with van der Waals surface area (Å²) in [6.07, 6.45) is 4.50. The van der Waals surface area contributed by atoms with Crippen LogP contribution in [-0.2, 0) is 27.2 Å². The lowest BCUT2D eigenvalue weighted by atomic mass is 9.98. The number of hydrogen-bond donors (Lipinski definition) is 1. The number of carbonyl (C=O) groups is 2. The number of thiophene rings is 1. The number of pyridine rings is 1. The second-order valence-corrected chi connectivity index (χ2v) is 13.8. The molecule has 2 atom stereocenters. The number of nitrogens with one attached hydrogen (secondary N) is 2. The van der Waals surface area contributed by atoms with Gasteiger partial charge < -0.3 is 23.8 Å². The molecule has 0 aliphatic carbocycles. The topological polar surface area (TPSA) is 100 Å². The van der Waals surface area contributed by atoms with Gasteiger partial charge in [0.05, 0.1) is 20.8 Å². The number of ether oxygens (including phenoxy) is 4. The summed E-state index contributed by atoms with van der Waals surface area (Å²) in [5, 5.41) is 3.94. The molecular formula is C36H39Cl2FN3O6S+. The summed E-state index contributed by atoms with van der Waals surface area (Å²) in [5.74, 6) is -0.357. The van der Waals surface area contributed by atoms with Crippen LogP contribution in [0.25, 0.3) is 0 Å². The first kappa shape index (κ1) is 36.5. The molecule has 0 bridgehead atoms. The minimum absolute atomic E-state index is 0.186. The minimum Gasteiger partial charge on any atom is -0.493 e. The number of halogens is 3. The lowest BCUT2D eigenvalue weighted by Gasteiger charge is -2.29. The SMILES string of the molecule is COc1ccc([C@H](Cc2c(Cl)c[nH+]cc2Cl)OC(=O)c2ccc(CNC(C(=O)OCC3CCN(C)CC3)c3ccccc3F)s2)cc1OC. The Kier molecular flexibility index (Phi) is 12.9. The zero-order valence-electron chi connectivity index (χ0n) is 27.5. The Morgan fingerprint density at radius 2 is 1.73 bits per heavy atom. The molecule has 13 heteroatoms. The first-order valence-electron chi connectivity index (χ1n) is 15.8. The molecule has 0 radical (unpaired) electrons. The number of aromatic nitrogens is 1. The maximum Gasteiger partial charge on any atom is 0.348 e. The van der Waals surface area contributed by atoms with Crippen molar-refractivity contribution in [3.8, 4) is 11.5 Å². The molecule has 4 aromatic rings. The smallest absolute Gasteiger partial charge is 0.348 e. The van der Waals surface area contributed by atoms with Gasteiger partial charge in [-0.05, 0) is 74.8 Å². The van der Waals surface area contributed by atoms with Gasteiger partial charge in [0.25, 0.3) is 0 Å². The Hall–Kier alpha value is -3.74. The van der Waals surface area contributed by atoms with E-state index in [4.69, 9.17) is 42.1 Å². The van der Waals surface area contributed by atoms with Crippen LogP contribution in [-0.4, -0.2) is 57.8 Å². The molecule has 3 heterocycles. The molecular weight excluding hydrogens is 692 g/mol. The maximum atomic E-state index is 14.9. The number of methoxy groups -OCH3 is 2. The number of nitrogens with zero attached hydrogens (tertiary/aromatic N) is 1. The molecule has 1 saturated heterocycles. The molecule has 2 aromatic heterocycles. The Morgan fingerprint density at radius 3 is 2.43 bits per heavy atom. The first-order valence-corrected chi connectivity index (χ1v) is 17.4. The van der Waals surface area contributed by atoms with Crippen molar-refractivity contribution >= 4 is 46.5 Å². The fourth-order valence-electron chi connectivity index (χ4n) is 5.65. The van der Waals surface area contributed by atoms with E-state index in [1.807, 2.05) is 0 Å². The number of rotatable bonds is 14. The van der Waals surface area contributed by atoms with Crippen molar-refractivity contribution in [1.82, 2.24) is 10.2 Å². The number of esters is 2. The third-order valence-corrected chi connectivity index (χ3v) is 10.2. The van der Waals surface area contributed by atoms with E-state index in [9.17, 15) is 14.0 Å². The molecule has 260 valence electrons. The van der Waals surface area contributed by atoms with Gasteiger partial charge in [-0.1, -0.05) is 47.5 Å². The lowest BCUT2D eigenvalue weighted by Crippen LogP contribution is -2.35. The van der Waals surface area contributed by atoms with Crippen molar-refractivity contribution in [1.29, 1.82) is 0 Å². The van der Waals surface area contributed by atoms with E-state index in [1.54, 1.807) is 60.9 Å². The van der Waals surface area contributed by atoms with Gasteiger partial charge >= 0.3 is 11.9 Å². The maximum absolute atomic E-state index is 14.9. The molecule has 49 heavy (non-hydrogen) atoms. The van der Waals surface area contributed by atoms with Crippen LogP contribution in [0.4, 0.5) is 4.39 Å². The van der Waals surface area contributed by atoms with Gasteiger partial charge in [0.2, 0.25) is 0 Å². The van der Waals surface area contributed by atoms with Crippen LogP contribution in [0.2, 0.25) is 10.0 Å². The van der Waals surface area contributed by atoms with Gasteiger partial charge in [0.1, 0.15) is 32.9 Å². The highest BCUT2D eigenvalue weighted by atomic mass is 35.5. The Balaban J connectivity index is 1.30. The Morgan fingerprint density at radius 1 is 1.02 bits per heavy atom. The number of aromatic amines is 1. The molecule has 1 fully saturated rings. The van der Waals surface area contributed by atoms with Crippen LogP contribution >= 0.6 is 34.5 Å². The molecule has 1 unspecified atom stereocenters. The van der Waals surface area contributed by atoms with Crippen LogP contribution in [0.1, 0.15) is 56.2 Å². The number of carbonyl (C=O) groups excluding carboxylic acids is 2. The summed E-state index contributed by atoms with van der Waals surface area (Å²) in [7, 11) is 5.13. The predicted octanol–water partition coefficient (Wildman–Crippen LogP) is 6.88. The molecule has 2 N–H and O–H groups in total. The van der Waals surface area contributed by atoms with Gasteiger partial charge in [0, 0.05) is 29.0 Å². The fourth-order valence-corrected chi connectivity index (χ4v) is 7.03. The molecule has 5 rings (SSSR count). The van der Waals surface area contributed by atoms with E-state index in [0.29, 0.717) is 37.5 Å². The standard InChI is InChI=1S/C36H38Cl2FN3O6S/c1-42-14-12-22(13-15-42)21-47-36(44)34(25-6-4-5-7-29(25)39)41-18-24-9-11-33(49-24)35(43)48-31(17-26-27(37)19-40-20-28(26)38)23-8-10-30(45-2)32(16-23)46-3/h4-11,16,19-20,22,31,34,41H,12-15,17-18,21H2,1-3H3/p+1/t31-,34?/m0/s1. The molecule has 9 nitrogen and oxygen atoms in total. The highest BCUT2D eigenvalue weighted by Gasteiger charge is 2.28. The zero-order valence-corrected chi connectivity index (χ0v) is 29.8. The van der Waals surface area contributed by atoms with E-state index < -0.39 is 29.9 Å². The highest BCUT2D eigenvalue weighted by molar-refractivity contribution is 7.13. The fraction of sp³-hybridized carbons (Fsp3) is 0.361. The largest absolute Gasteiger partial charge is 0.493 e. The summed E-state index contributed by atoms with van der Waals surface area (Å²) >= 11 is 14.1. The zero-order chi connectivity index (χ0) is 34.9. The third kappa shape index (κ3) is 9.49. The van der Waals surface area contributed by atoms with Crippen molar-refractivity contribution in [3.63, 3.8) is 0 Å². The van der Waals surface area contributed by atoms with Crippen molar-refractivity contribution in [3.05, 3.63) is 109 Å². The summed E-state index contributed by atoms with van der Waals surface area (Å²) < 4.78 is 37.5. The van der Waals surface area contributed by atoms with Gasteiger partial charge in [-0.25, -0.2) is 19.0 Å². The lowest BCUT2D eigenvalue weighted by molar-refractivity contribution is -0.377. The second-order valence-electron chi connectivity index (χ2n) is 11.8. The Labute approximate surface area is 299 Å². The molecule has 0 amide bonds. The average molecular weight is 732 g/mol. The van der Waals surface area contributed by atoms with E-state index >= 15 is 0 Å². The number of H-pyrrole nitrogens is 1. The predicted molar refractivity (Wildman–Crippen MR) is 186 cm³/mol. The number of benzene rings is 2. The first-order chi connectivity index (χ1) is 23.7. The van der Waals surface area contributed by atoms with E-state index in [-0.39, 0.29) is 31.1 Å². The van der Waals surface area contributed by atoms with Crippen molar-refractivity contribution in [2.45, 2.75) is 38.0 Å². The van der Waals surface area contributed by atoms with Gasteiger partial charge in [-0.3, -0.25) is 5.32 Å². The highest BCUT2D eigenvalue weighted by Crippen LogP contribution is 2.36. The summed E-state index contributed by atoms with van der Waals surface area (Å²) in [6, 6.07) is 13.8. The quantitative estimate of drug-likeness (QED) is 0.140. The second kappa shape index (κ2) is 17.3. The van der Waals surface area contributed by atoms with Crippen LogP contribution in [0.3, 0.4) is 0 Å². The van der Waals surface area contributed by atoms with Crippen molar-refractivity contribution < 1.29 is 37.9 Å². The molecule has 1 aliphatic rings. The minimum atomic E-state index is -1.03. The summed E-state index contributed by atoms with van der Waals surface area (Å²) in [5.41, 5.74) is 1.45. The number of piperidine rings is 1. The van der Waals surface area contributed by atoms with Gasteiger partial charge in [-0.15, -0.1) is 11.3 Å². The van der Waals surface area contributed by atoms with Gasteiger partial charge in [-0.2, -0.15) is 0 Å². The van der Waals surface area contributed by atoms with Crippen LogP contribution in [0.5, 0.6) is 11.5 Å². The summed E-state index contributed by atoms with van der Waals surface area (Å²) in [6.45, 7) is 2.36. The van der Waals surface area contributed by atoms with Crippen molar-refractivity contribution in [2.75, 3.05) is 41.0 Å². The van der Waals surface area contributed by atoms with E-state index in [2.05, 4.69) is 22.2 Å². The molecule has 0 spiro atoms. The van der Waals surface area contributed by atoms with Crippen LogP contribution in [0, 0.1) is 11.7 Å². The third-order valence-electron chi connectivity index (χ3n) is 8.51. The monoisotopic (exact) mass is 730 g/mol. The van der Waals surface area contributed by atoms with Crippen LogP contribution < -0.4 is 19.8 Å². The summed E-state index contributed by atoms with van der Waals surface area (Å²) in [4.78, 5) is 33.1. The van der Waals surface area contributed by atoms with Crippen molar-refractivity contribution in [2.24, 2.45) is 5.92 Å². The van der Waals surface area contributed by atoms with E-state index in [1.165, 1.54) is 31.6 Å². The van der Waals surface area contributed by atoms with E-state index in [0.717, 1.165) is 30.8 Å². The van der Waals surface area contributed by atoms with Crippen LogP contribution in [0.15, 0.2) is 67.0 Å².